The van der Waals surface area contributed by atoms with Gasteiger partial charge in [-0.3, -0.25) is 15.0 Å². The van der Waals surface area contributed by atoms with Gasteiger partial charge in [0.1, 0.15) is 11.3 Å². The van der Waals surface area contributed by atoms with Crippen LogP contribution in [0.4, 0.5) is 4.79 Å². The normalized spacial score (nSPS) is 18.7. The first kappa shape index (κ1) is 20.4. The number of carbonyl (C=O) groups excluding carboxylic acids is 3. The molecule has 0 saturated carbocycles. The van der Waals surface area contributed by atoms with E-state index in [1.54, 1.807) is 38.3 Å². The fourth-order valence-corrected chi connectivity index (χ4v) is 2.73. The molecule has 1 aliphatic rings. The van der Waals surface area contributed by atoms with E-state index in [0.29, 0.717) is 24.3 Å². The SMILES string of the molecule is COC(=O)CCCNC(=S)NN1C(=O)N[C@](C)(c2ccc(OC)cc2)C1=O. The molecular formula is C17H22N4O5S. The van der Waals surface area contributed by atoms with Crippen LogP contribution in [0.5, 0.6) is 5.75 Å². The Morgan fingerprint density at radius 1 is 1.26 bits per heavy atom. The Hall–Kier alpha value is -2.88. The monoisotopic (exact) mass is 394 g/mol. The molecule has 2 rings (SSSR count). The number of esters is 1. The number of ether oxygens (including phenoxy) is 2. The second-order valence-electron chi connectivity index (χ2n) is 5.97. The first-order valence-corrected chi connectivity index (χ1v) is 8.65. The fourth-order valence-electron chi connectivity index (χ4n) is 2.54. The molecule has 3 amide bonds. The van der Waals surface area contributed by atoms with Gasteiger partial charge in [0.15, 0.2) is 5.11 Å². The Bertz CT molecular complexity index is 739. The maximum Gasteiger partial charge on any atom is 0.344 e. The Kier molecular flexibility index (Phi) is 6.56. The van der Waals surface area contributed by atoms with Gasteiger partial charge in [-0.25, -0.2) is 4.79 Å². The van der Waals surface area contributed by atoms with E-state index in [4.69, 9.17) is 17.0 Å². The van der Waals surface area contributed by atoms with Crippen LogP contribution in [0.3, 0.4) is 0 Å². The van der Waals surface area contributed by atoms with Crippen molar-refractivity contribution in [2.24, 2.45) is 0 Å². The molecule has 146 valence electrons. The largest absolute Gasteiger partial charge is 0.497 e. The van der Waals surface area contributed by atoms with E-state index < -0.39 is 17.5 Å². The summed E-state index contributed by atoms with van der Waals surface area (Å²) in [4.78, 5) is 36.1. The fraction of sp³-hybridized carbons (Fsp3) is 0.412. The molecule has 10 heteroatoms. The predicted octanol–water partition coefficient (Wildman–Crippen LogP) is 0.794. The molecule has 1 aromatic carbocycles. The second-order valence-corrected chi connectivity index (χ2v) is 6.38. The highest BCUT2D eigenvalue weighted by atomic mass is 32.1. The zero-order chi connectivity index (χ0) is 20.0. The Balaban J connectivity index is 1.96. The lowest BCUT2D eigenvalue weighted by atomic mass is 9.92. The molecule has 1 fully saturated rings. The summed E-state index contributed by atoms with van der Waals surface area (Å²) in [5, 5.41) is 6.43. The minimum atomic E-state index is -1.23. The number of urea groups is 1. The van der Waals surface area contributed by atoms with Gasteiger partial charge in [-0.05, 0) is 43.3 Å². The molecular weight excluding hydrogens is 372 g/mol. The molecule has 1 heterocycles. The molecule has 1 atom stereocenters. The number of methoxy groups -OCH3 is 2. The first-order chi connectivity index (χ1) is 12.8. The zero-order valence-corrected chi connectivity index (χ0v) is 16.1. The number of nitrogens with one attached hydrogen (secondary N) is 3. The van der Waals surface area contributed by atoms with E-state index >= 15 is 0 Å². The Labute approximate surface area is 162 Å². The highest BCUT2D eigenvalue weighted by Crippen LogP contribution is 2.29. The van der Waals surface area contributed by atoms with Crippen molar-refractivity contribution in [1.82, 2.24) is 21.1 Å². The van der Waals surface area contributed by atoms with Crippen molar-refractivity contribution in [1.29, 1.82) is 0 Å². The van der Waals surface area contributed by atoms with Crippen molar-refractivity contribution in [3.05, 3.63) is 29.8 Å². The van der Waals surface area contributed by atoms with Gasteiger partial charge >= 0.3 is 12.0 Å². The predicted molar refractivity (Wildman–Crippen MR) is 101 cm³/mol. The van der Waals surface area contributed by atoms with Crippen molar-refractivity contribution in [2.45, 2.75) is 25.3 Å². The summed E-state index contributed by atoms with van der Waals surface area (Å²) in [5.41, 5.74) is 1.97. The van der Waals surface area contributed by atoms with Crippen LogP contribution in [0.2, 0.25) is 0 Å². The summed E-state index contributed by atoms with van der Waals surface area (Å²) < 4.78 is 9.65. The van der Waals surface area contributed by atoms with E-state index in [1.165, 1.54) is 7.11 Å². The lowest BCUT2D eigenvalue weighted by Crippen LogP contribution is -2.51. The smallest absolute Gasteiger partial charge is 0.344 e. The summed E-state index contributed by atoms with van der Waals surface area (Å²) in [5.74, 6) is -0.164. The molecule has 3 N–H and O–H groups in total. The van der Waals surface area contributed by atoms with Gasteiger partial charge in [-0.1, -0.05) is 12.1 Å². The highest BCUT2D eigenvalue weighted by molar-refractivity contribution is 7.80. The van der Waals surface area contributed by atoms with Gasteiger partial charge in [0.25, 0.3) is 5.91 Å². The average molecular weight is 394 g/mol. The van der Waals surface area contributed by atoms with Crippen molar-refractivity contribution in [3.63, 3.8) is 0 Å². The number of imide groups is 1. The molecule has 1 aliphatic heterocycles. The minimum absolute atomic E-state index is 0.0994. The quantitative estimate of drug-likeness (QED) is 0.270. The van der Waals surface area contributed by atoms with Crippen LogP contribution in [-0.4, -0.2) is 48.8 Å². The van der Waals surface area contributed by atoms with Gasteiger partial charge in [-0.15, -0.1) is 0 Å². The molecule has 0 radical (unpaired) electrons. The second kappa shape index (κ2) is 8.67. The van der Waals surface area contributed by atoms with Crippen LogP contribution in [0.1, 0.15) is 25.3 Å². The number of thiocarbonyl (C=S) groups is 1. The maximum atomic E-state index is 12.8. The van der Waals surface area contributed by atoms with Gasteiger partial charge in [0, 0.05) is 13.0 Å². The number of hydrazine groups is 1. The van der Waals surface area contributed by atoms with E-state index in [1.807, 2.05) is 0 Å². The number of hydrogen-bond acceptors (Lipinski definition) is 6. The number of benzene rings is 1. The van der Waals surface area contributed by atoms with E-state index in [9.17, 15) is 14.4 Å². The van der Waals surface area contributed by atoms with Crippen molar-refractivity contribution >= 4 is 35.2 Å². The van der Waals surface area contributed by atoms with Crippen LogP contribution in [0.15, 0.2) is 24.3 Å². The van der Waals surface area contributed by atoms with E-state index in [-0.39, 0.29) is 17.5 Å². The number of carbonyl (C=O) groups is 3. The topological polar surface area (TPSA) is 109 Å². The number of rotatable bonds is 7. The Morgan fingerprint density at radius 2 is 1.93 bits per heavy atom. The van der Waals surface area contributed by atoms with Crippen LogP contribution < -0.4 is 20.8 Å². The molecule has 1 aromatic rings. The lowest BCUT2D eigenvalue weighted by Gasteiger charge is -2.23. The summed E-state index contributed by atoms with van der Waals surface area (Å²) in [6, 6.07) is 6.23. The highest BCUT2D eigenvalue weighted by Gasteiger charge is 2.49. The zero-order valence-electron chi connectivity index (χ0n) is 15.3. The van der Waals surface area contributed by atoms with Crippen LogP contribution >= 0.6 is 12.2 Å². The molecule has 0 aromatic heterocycles. The molecule has 0 unspecified atom stereocenters. The summed E-state index contributed by atoms with van der Waals surface area (Å²) in [7, 11) is 2.86. The van der Waals surface area contributed by atoms with E-state index in [2.05, 4.69) is 20.8 Å². The van der Waals surface area contributed by atoms with E-state index in [0.717, 1.165) is 5.01 Å². The first-order valence-electron chi connectivity index (χ1n) is 8.24. The molecule has 0 bridgehead atoms. The third kappa shape index (κ3) is 4.64. The summed E-state index contributed by atoms with van der Waals surface area (Å²) in [6.07, 6.45) is 0.739. The molecule has 27 heavy (non-hydrogen) atoms. The van der Waals surface area contributed by atoms with Gasteiger partial charge in [0.2, 0.25) is 0 Å². The summed E-state index contributed by atoms with van der Waals surface area (Å²) in [6.45, 7) is 2.00. The minimum Gasteiger partial charge on any atom is -0.497 e. The van der Waals surface area contributed by atoms with Gasteiger partial charge < -0.3 is 20.1 Å². The number of nitrogens with zero attached hydrogens (tertiary/aromatic N) is 1. The Morgan fingerprint density at radius 3 is 2.52 bits per heavy atom. The third-order valence-corrected chi connectivity index (χ3v) is 4.38. The van der Waals surface area contributed by atoms with Gasteiger partial charge in [-0.2, -0.15) is 5.01 Å². The summed E-state index contributed by atoms with van der Waals surface area (Å²) >= 11 is 5.10. The van der Waals surface area contributed by atoms with Crippen molar-refractivity contribution in [2.75, 3.05) is 20.8 Å². The number of hydrogen-bond donors (Lipinski definition) is 3. The molecule has 1 saturated heterocycles. The number of amides is 3. The molecule has 0 aliphatic carbocycles. The van der Waals surface area contributed by atoms with Crippen LogP contribution in [-0.2, 0) is 19.9 Å². The van der Waals surface area contributed by atoms with Crippen LogP contribution in [0.25, 0.3) is 0 Å². The molecule has 0 spiro atoms. The third-order valence-electron chi connectivity index (χ3n) is 4.14. The van der Waals surface area contributed by atoms with Crippen LogP contribution in [0, 0.1) is 0 Å². The standard InChI is InChI=1S/C17H22N4O5S/c1-17(11-6-8-12(25-2)9-7-11)14(23)21(16(24)19-17)20-15(27)18-10-4-5-13(22)26-3/h6-9H,4-5,10H2,1-3H3,(H,19,24)(H2,18,20,27)/t17-/m1/s1. The van der Waals surface area contributed by atoms with Crippen molar-refractivity contribution in [3.8, 4) is 5.75 Å². The average Bonchev–Trinajstić information content (AvgIpc) is 2.89. The van der Waals surface area contributed by atoms with Crippen molar-refractivity contribution < 1.29 is 23.9 Å². The van der Waals surface area contributed by atoms with Gasteiger partial charge in [0.05, 0.1) is 14.2 Å². The molecule has 9 nitrogen and oxygen atoms in total. The lowest BCUT2D eigenvalue weighted by molar-refractivity contribution is -0.140. The maximum absolute atomic E-state index is 12.8.